The molecule has 0 radical (unpaired) electrons. The minimum Gasteiger partial charge on any atom is -0.370 e. The zero-order chi connectivity index (χ0) is 14.9. The summed E-state index contributed by atoms with van der Waals surface area (Å²) in [5.41, 5.74) is 5.62. The fraction of sp³-hybridized carbons (Fsp3) is 0.917. The maximum atomic E-state index is 12.0. The zero-order valence-corrected chi connectivity index (χ0v) is 11.9. The van der Waals surface area contributed by atoms with Crippen molar-refractivity contribution < 1.29 is 13.2 Å². The Hall–Kier alpha value is -0.980. The normalized spacial score (nSPS) is 13.4. The summed E-state index contributed by atoms with van der Waals surface area (Å²) < 4.78 is 36.1. The van der Waals surface area contributed by atoms with Gasteiger partial charge in [-0.1, -0.05) is 13.8 Å². The topological polar surface area (TPSA) is 53.6 Å². The van der Waals surface area contributed by atoms with Gasteiger partial charge in [-0.3, -0.25) is 9.89 Å². The van der Waals surface area contributed by atoms with Crippen molar-refractivity contribution in [2.75, 3.05) is 33.2 Å². The second-order valence-electron chi connectivity index (χ2n) is 5.08. The molecule has 0 unspecified atom stereocenters. The van der Waals surface area contributed by atoms with E-state index in [1.54, 1.807) is 0 Å². The average Bonchev–Trinajstić information content (AvgIpc) is 2.21. The first kappa shape index (κ1) is 18.0. The van der Waals surface area contributed by atoms with Crippen molar-refractivity contribution in [2.45, 2.75) is 32.9 Å². The van der Waals surface area contributed by atoms with Crippen LogP contribution in [0.15, 0.2) is 4.99 Å². The van der Waals surface area contributed by atoms with Crippen molar-refractivity contribution in [1.29, 1.82) is 0 Å². The third-order valence-corrected chi connectivity index (χ3v) is 2.46. The van der Waals surface area contributed by atoms with Crippen LogP contribution in [0.1, 0.15) is 26.7 Å². The summed E-state index contributed by atoms with van der Waals surface area (Å²) >= 11 is 0. The molecule has 0 spiro atoms. The molecule has 0 aromatic heterocycles. The number of aliphatic imine (C=N–C) groups is 1. The van der Waals surface area contributed by atoms with Crippen LogP contribution in [0.4, 0.5) is 13.2 Å². The minimum absolute atomic E-state index is 0.349. The van der Waals surface area contributed by atoms with Crippen molar-refractivity contribution >= 4 is 5.96 Å². The van der Waals surface area contributed by atoms with Crippen LogP contribution in [0.2, 0.25) is 0 Å². The van der Waals surface area contributed by atoms with E-state index in [1.807, 2.05) is 0 Å². The number of hydrogen-bond acceptors (Lipinski definition) is 2. The molecule has 0 fully saturated rings. The maximum absolute atomic E-state index is 12.0. The zero-order valence-electron chi connectivity index (χ0n) is 11.9. The van der Waals surface area contributed by atoms with Gasteiger partial charge < -0.3 is 11.1 Å². The highest BCUT2D eigenvalue weighted by atomic mass is 19.4. The number of nitrogens with one attached hydrogen (secondary N) is 1. The quantitative estimate of drug-likeness (QED) is 0.406. The number of rotatable bonds is 8. The lowest BCUT2D eigenvalue weighted by Crippen LogP contribution is -2.34. The predicted octanol–water partition coefficient (Wildman–Crippen LogP) is 1.82. The lowest BCUT2D eigenvalue weighted by atomic mass is 10.1. The Bertz CT molecular complexity index is 264. The number of nitrogens with two attached hydrogens (primary N) is 1. The molecule has 0 amide bonds. The Labute approximate surface area is 113 Å². The van der Waals surface area contributed by atoms with Crippen LogP contribution >= 0.6 is 0 Å². The maximum Gasteiger partial charge on any atom is 0.401 e. The van der Waals surface area contributed by atoms with Crippen LogP contribution in [0.25, 0.3) is 0 Å². The van der Waals surface area contributed by atoms with Crippen molar-refractivity contribution in [3.05, 3.63) is 0 Å². The SMILES string of the molecule is CC(C)CCNC(N)=NCCCN(C)CC(F)(F)F. The second-order valence-corrected chi connectivity index (χ2v) is 5.08. The highest BCUT2D eigenvalue weighted by Crippen LogP contribution is 2.15. The highest BCUT2D eigenvalue weighted by Gasteiger charge is 2.28. The lowest BCUT2D eigenvalue weighted by molar-refractivity contribution is -0.143. The standard InChI is InChI=1S/C12H25F3N4/c1-10(2)5-7-18-11(16)17-6-4-8-19(3)9-12(13,14)15/h10H,4-9H2,1-3H3,(H3,16,17,18). The summed E-state index contributed by atoms with van der Waals surface area (Å²) in [4.78, 5) is 5.30. The van der Waals surface area contributed by atoms with E-state index in [1.165, 1.54) is 11.9 Å². The Kier molecular flexibility index (Phi) is 8.54. The molecule has 0 atom stereocenters. The molecule has 114 valence electrons. The average molecular weight is 282 g/mol. The summed E-state index contributed by atoms with van der Waals surface area (Å²) in [6.07, 6.45) is -2.58. The van der Waals surface area contributed by atoms with E-state index in [0.717, 1.165) is 13.0 Å². The molecule has 0 bridgehead atoms. The second kappa shape index (κ2) is 9.01. The van der Waals surface area contributed by atoms with Crippen LogP contribution in [0, 0.1) is 5.92 Å². The summed E-state index contributed by atoms with van der Waals surface area (Å²) in [5, 5.41) is 2.97. The van der Waals surface area contributed by atoms with Gasteiger partial charge in [0.05, 0.1) is 6.54 Å². The molecule has 0 aromatic carbocycles. The molecule has 0 aromatic rings. The minimum atomic E-state index is -4.14. The Balaban J connectivity index is 3.66. The summed E-state index contributed by atoms with van der Waals surface area (Å²) in [6, 6.07) is 0. The van der Waals surface area contributed by atoms with Gasteiger partial charge in [0.2, 0.25) is 0 Å². The van der Waals surface area contributed by atoms with Crippen LogP contribution < -0.4 is 11.1 Å². The van der Waals surface area contributed by atoms with Crippen molar-refractivity contribution in [2.24, 2.45) is 16.6 Å². The molecule has 0 saturated carbocycles. The van der Waals surface area contributed by atoms with Crippen molar-refractivity contribution in [3.63, 3.8) is 0 Å². The number of alkyl halides is 3. The third kappa shape index (κ3) is 13.3. The van der Waals surface area contributed by atoms with E-state index in [9.17, 15) is 13.2 Å². The molecular weight excluding hydrogens is 257 g/mol. The van der Waals surface area contributed by atoms with Crippen LogP contribution in [0.3, 0.4) is 0 Å². The largest absolute Gasteiger partial charge is 0.401 e. The van der Waals surface area contributed by atoms with E-state index in [4.69, 9.17) is 5.73 Å². The smallest absolute Gasteiger partial charge is 0.370 e. The van der Waals surface area contributed by atoms with Gasteiger partial charge in [-0.15, -0.1) is 0 Å². The predicted molar refractivity (Wildman–Crippen MR) is 72.1 cm³/mol. The van der Waals surface area contributed by atoms with Crippen molar-refractivity contribution in [3.8, 4) is 0 Å². The molecule has 0 aliphatic heterocycles. The van der Waals surface area contributed by atoms with E-state index in [0.29, 0.717) is 31.4 Å². The van der Waals surface area contributed by atoms with E-state index >= 15 is 0 Å². The molecule has 0 aliphatic carbocycles. The molecule has 19 heavy (non-hydrogen) atoms. The van der Waals surface area contributed by atoms with Gasteiger partial charge in [0.1, 0.15) is 0 Å². The molecule has 7 heteroatoms. The van der Waals surface area contributed by atoms with Gasteiger partial charge in [0.25, 0.3) is 0 Å². The van der Waals surface area contributed by atoms with E-state index in [-0.39, 0.29) is 0 Å². The summed E-state index contributed by atoms with van der Waals surface area (Å²) in [7, 11) is 1.45. The number of nitrogens with zero attached hydrogens (tertiary/aromatic N) is 2. The Morgan fingerprint density at radius 1 is 1.37 bits per heavy atom. The van der Waals surface area contributed by atoms with Gasteiger partial charge in [-0.05, 0) is 32.4 Å². The first-order valence-corrected chi connectivity index (χ1v) is 6.50. The van der Waals surface area contributed by atoms with Crippen LogP contribution in [-0.4, -0.2) is 50.3 Å². The Morgan fingerprint density at radius 2 is 2.00 bits per heavy atom. The van der Waals surface area contributed by atoms with Gasteiger partial charge >= 0.3 is 6.18 Å². The highest BCUT2D eigenvalue weighted by molar-refractivity contribution is 5.77. The van der Waals surface area contributed by atoms with Crippen molar-refractivity contribution in [1.82, 2.24) is 10.2 Å². The fourth-order valence-electron chi connectivity index (χ4n) is 1.47. The summed E-state index contributed by atoms with van der Waals surface area (Å²) in [6.45, 7) is 4.89. The van der Waals surface area contributed by atoms with Gasteiger partial charge in [-0.2, -0.15) is 13.2 Å². The van der Waals surface area contributed by atoms with Gasteiger partial charge in [-0.25, -0.2) is 0 Å². The fourth-order valence-corrected chi connectivity index (χ4v) is 1.47. The molecule has 0 saturated heterocycles. The van der Waals surface area contributed by atoms with Crippen LogP contribution in [0.5, 0.6) is 0 Å². The number of guanidine groups is 1. The van der Waals surface area contributed by atoms with Gasteiger partial charge in [0.15, 0.2) is 5.96 Å². The first-order valence-electron chi connectivity index (χ1n) is 6.50. The molecule has 0 aliphatic rings. The molecule has 4 nitrogen and oxygen atoms in total. The van der Waals surface area contributed by atoms with E-state index < -0.39 is 12.7 Å². The molecule has 0 heterocycles. The van der Waals surface area contributed by atoms with Crippen LogP contribution in [-0.2, 0) is 0 Å². The molecule has 0 rings (SSSR count). The third-order valence-electron chi connectivity index (χ3n) is 2.46. The molecule has 3 N–H and O–H groups in total. The first-order chi connectivity index (χ1) is 8.70. The van der Waals surface area contributed by atoms with E-state index in [2.05, 4.69) is 24.2 Å². The van der Waals surface area contributed by atoms with Gasteiger partial charge in [0, 0.05) is 13.1 Å². The Morgan fingerprint density at radius 3 is 2.53 bits per heavy atom. The number of hydrogen-bond donors (Lipinski definition) is 2. The monoisotopic (exact) mass is 282 g/mol. The lowest BCUT2D eigenvalue weighted by Gasteiger charge is -2.17. The molecular formula is C12H25F3N4. The summed E-state index contributed by atoms with van der Waals surface area (Å²) in [5.74, 6) is 0.954. The number of halogens is 3.